The molecule has 0 bridgehead atoms. The largest absolute Gasteiger partial charge is 0.349 e. The van der Waals surface area contributed by atoms with E-state index in [1.807, 2.05) is 67.6 Å². The standard InChI is InChI=1S/C21H21N3O2S/c1-15(17-10-6-3-7-11-17)22-19(25)12-18-13-20(26)24-21(23-18)27-14-16-8-4-2-5-9-16/h2-11,13,15H,12,14H2,1H3,(H,22,25)(H,23,24,26)/t15-/m1/s1. The summed E-state index contributed by atoms with van der Waals surface area (Å²) in [5.74, 6) is 0.535. The molecule has 0 unspecified atom stereocenters. The van der Waals surface area contributed by atoms with Crippen molar-refractivity contribution in [2.75, 3.05) is 0 Å². The van der Waals surface area contributed by atoms with Crippen LogP contribution in [0.15, 0.2) is 76.7 Å². The molecule has 0 spiro atoms. The highest BCUT2D eigenvalue weighted by atomic mass is 32.2. The van der Waals surface area contributed by atoms with Gasteiger partial charge in [-0.05, 0) is 18.1 Å². The number of hydrogen-bond acceptors (Lipinski definition) is 4. The fourth-order valence-electron chi connectivity index (χ4n) is 2.65. The zero-order chi connectivity index (χ0) is 19.1. The van der Waals surface area contributed by atoms with Crippen molar-refractivity contribution in [2.24, 2.45) is 0 Å². The van der Waals surface area contributed by atoms with Gasteiger partial charge in [-0.2, -0.15) is 0 Å². The Morgan fingerprint density at radius 3 is 2.48 bits per heavy atom. The number of carbonyl (C=O) groups excluding carboxylic acids is 1. The average molecular weight is 379 g/mol. The van der Waals surface area contributed by atoms with Gasteiger partial charge in [-0.15, -0.1) is 0 Å². The van der Waals surface area contributed by atoms with Gasteiger partial charge in [0.2, 0.25) is 5.91 Å². The molecule has 0 fully saturated rings. The van der Waals surface area contributed by atoms with Crippen LogP contribution >= 0.6 is 11.8 Å². The molecule has 3 aromatic rings. The van der Waals surface area contributed by atoms with Crippen LogP contribution < -0.4 is 10.9 Å². The number of rotatable bonds is 7. The molecule has 0 aliphatic carbocycles. The monoisotopic (exact) mass is 379 g/mol. The quantitative estimate of drug-likeness (QED) is 0.487. The smallest absolute Gasteiger partial charge is 0.251 e. The van der Waals surface area contributed by atoms with Crippen LogP contribution in [0.3, 0.4) is 0 Å². The van der Waals surface area contributed by atoms with Gasteiger partial charge in [-0.1, -0.05) is 72.4 Å². The van der Waals surface area contributed by atoms with Crippen LogP contribution in [0.5, 0.6) is 0 Å². The van der Waals surface area contributed by atoms with E-state index >= 15 is 0 Å². The van der Waals surface area contributed by atoms with Gasteiger partial charge in [0.05, 0.1) is 18.2 Å². The molecular weight excluding hydrogens is 358 g/mol. The Kier molecular flexibility index (Phi) is 6.44. The number of aromatic amines is 1. The van der Waals surface area contributed by atoms with Crippen LogP contribution in [0.4, 0.5) is 0 Å². The first-order chi connectivity index (χ1) is 13.1. The first-order valence-electron chi connectivity index (χ1n) is 8.71. The van der Waals surface area contributed by atoms with E-state index in [1.54, 1.807) is 0 Å². The lowest BCUT2D eigenvalue weighted by molar-refractivity contribution is -0.121. The molecule has 1 heterocycles. The maximum absolute atomic E-state index is 12.3. The Labute approximate surface area is 162 Å². The van der Waals surface area contributed by atoms with Crippen molar-refractivity contribution >= 4 is 17.7 Å². The number of amides is 1. The van der Waals surface area contributed by atoms with Crippen molar-refractivity contribution in [3.05, 3.63) is 93.9 Å². The summed E-state index contributed by atoms with van der Waals surface area (Å²) < 4.78 is 0. The van der Waals surface area contributed by atoms with Crippen molar-refractivity contribution < 1.29 is 4.79 Å². The predicted molar refractivity (Wildman–Crippen MR) is 108 cm³/mol. The first-order valence-corrected chi connectivity index (χ1v) is 9.70. The molecule has 1 aromatic heterocycles. The number of nitrogens with zero attached hydrogens (tertiary/aromatic N) is 1. The number of carbonyl (C=O) groups is 1. The molecule has 5 nitrogen and oxygen atoms in total. The number of aromatic nitrogens is 2. The predicted octanol–water partition coefficient (Wildman–Crippen LogP) is 3.48. The maximum Gasteiger partial charge on any atom is 0.251 e. The molecule has 2 aromatic carbocycles. The number of benzene rings is 2. The Balaban J connectivity index is 1.61. The minimum Gasteiger partial charge on any atom is -0.349 e. The topological polar surface area (TPSA) is 74.8 Å². The second-order valence-electron chi connectivity index (χ2n) is 6.19. The molecule has 3 rings (SSSR count). The molecule has 6 heteroatoms. The lowest BCUT2D eigenvalue weighted by Crippen LogP contribution is -2.29. The van der Waals surface area contributed by atoms with E-state index in [0.29, 0.717) is 16.6 Å². The summed E-state index contributed by atoms with van der Waals surface area (Å²) in [5, 5.41) is 3.46. The van der Waals surface area contributed by atoms with Crippen LogP contribution in [0.1, 0.15) is 29.8 Å². The average Bonchev–Trinajstić information content (AvgIpc) is 2.67. The van der Waals surface area contributed by atoms with Crippen molar-refractivity contribution in [2.45, 2.75) is 30.3 Å². The normalized spacial score (nSPS) is 11.7. The lowest BCUT2D eigenvalue weighted by Gasteiger charge is -2.14. The fraction of sp³-hybridized carbons (Fsp3) is 0.190. The van der Waals surface area contributed by atoms with Crippen molar-refractivity contribution in [1.29, 1.82) is 0 Å². The van der Waals surface area contributed by atoms with Crippen molar-refractivity contribution in [1.82, 2.24) is 15.3 Å². The number of thioether (sulfide) groups is 1. The highest BCUT2D eigenvalue weighted by Gasteiger charge is 2.12. The summed E-state index contributed by atoms with van der Waals surface area (Å²) in [6.07, 6.45) is 0.0694. The number of H-pyrrole nitrogens is 1. The molecule has 0 radical (unpaired) electrons. The summed E-state index contributed by atoms with van der Waals surface area (Å²) in [5.41, 5.74) is 2.39. The molecule has 0 aliphatic heterocycles. The van der Waals surface area contributed by atoms with E-state index in [1.165, 1.54) is 17.8 Å². The maximum atomic E-state index is 12.3. The summed E-state index contributed by atoms with van der Waals surface area (Å²) in [6.45, 7) is 1.93. The highest BCUT2D eigenvalue weighted by molar-refractivity contribution is 7.98. The molecule has 2 N–H and O–H groups in total. The summed E-state index contributed by atoms with van der Waals surface area (Å²) >= 11 is 1.44. The second kappa shape index (κ2) is 9.19. The summed E-state index contributed by atoms with van der Waals surface area (Å²) in [4.78, 5) is 31.4. The highest BCUT2D eigenvalue weighted by Crippen LogP contribution is 2.18. The molecule has 1 atom stereocenters. The van der Waals surface area contributed by atoms with Gasteiger partial charge in [0.25, 0.3) is 5.56 Å². The Hall–Kier alpha value is -2.86. The number of nitrogens with one attached hydrogen (secondary N) is 2. The third-order valence-electron chi connectivity index (χ3n) is 4.01. The van der Waals surface area contributed by atoms with Gasteiger partial charge >= 0.3 is 0 Å². The molecule has 1 amide bonds. The SMILES string of the molecule is C[C@@H](NC(=O)Cc1cc(=O)[nH]c(SCc2ccccc2)n1)c1ccccc1. The zero-order valence-corrected chi connectivity index (χ0v) is 15.8. The van der Waals surface area contributed by atoms with Gasteiger partial charge in [0.15, 0.2) is 5.16 Å². The minimum absolute atomic E-state index is 0.0694. The van der Waals surface area contributed by atoms with Crippen LogP contribution in [0, 0.1) is 0 Å². The van der Waals surface area contributed by atoms with E-state index in [-0.39, 0.29) is 23.9 Å². The van der Waals surface area contributed by atoms with Crippen LogP contribution in [0.25, 0.3) is 0 Å². The molecular formula is C21H21N3O2S. The van der Waals surface area contributed by atoms with Gasteiger partial charge in [-0.3, -0.25) is 9.59 Å². The van der Waals surface area contributed by atoms with Crippen LogP contribution in [-0.2, 0) is 17.0 Å². The van der Waals surface area contributed by atoms with Crippen molar-refractivity contribution in [3.8, 4) is 0 Å². The fourth-order valence-corrected chi connectivity index (χ4v) is 3.50. The summed E-state index contributed by atoms with van der Waals surface area (Å²) in [7, 11) is 0. The third kappa shape index (κ3) is 5.82. The van der Waals surface area contributed by atoms with Gasteiger partial charge in [-0.25, -0.2) is 4.98 Å². The van der Waals surface area contributed by atoms with E-state index in [4.69, 9.17) is 0 Å². The van der Waals surface area contributed by atoms with Gasteiger partial charge in [0, 0.05) is 11.8 Å². The Morgan fingerprint density at radius 2 is 1.78 bits per heavy atom. The van der Waals surface area contributed by atoms with E-state index in [0.717, 1.165) is 11.1 Å². The molecule has 0 aliphatic rings. The molecule has 138 valence electrons. The molecule has 27 heavy (non-hydrogen) atoms. The van der Waals surface area contributed by atoms with Crippen LogP contribution in [-0.4, -0.2) is 15.9 Å². The Morgan fingerprint density at radius 1 is 1.11 bits per heavy atom. The van der Waals surface area contributed by atoms with Gasteiger partial charge < -0.3 is 10.3 Å². The zero-order valence-electron chi connectivity index (χ0n) is 15.0. The first kappa shape index (κ1) is 18.9. The second-order valence-corrected chi connectivity index (χ2v) is 7.16. The van der Waals surface area contributed by atoms with Crippen LogP contribution in [0.2, 0.25) is 0 Å². The number of hydrogen-bond donors (Lipinski definition) is 2. The summed E-state index contributed by atoms with van der Waals surface area (Å²) in [6, 6.07) is 21.0. The molecule has 0 saturated carbocycles. The van der Waals surface area contributed by atoms with Gasteiger partial charge in [0.1, 0.15) is 0 Å². The molecule has 0 saturated heterocycles. The minimum atomic E-state index is -0.250. The third-order valence-corrected chi connectivity index (χ3v) is 4.95. The van der Waals surface area contributed by atoms with E-state index in [9.17, 15) is 9.59 Å². The lowest BCUT2D eigenvalue weighted by atomic mass is 10.1. The van der Waals surface area contributed by atoms with Crippen molar-refractivity contribution in [3.63, 3.8) is 0 Å². The van der Waals surface area contributed by atoms with E-state index < -0.39 is 0 Å². The Bertz CT molecular complexity index is 942. The van der Waals surface area contributed by atoms with E-state index in [2.05, 4.69) is 15.3 Å².